The molecule has 23 heavy (non-hydrogen) atoms. The maximum absolute atomic E-state index is 12.1. The van der Waals surface area contributed by atoms with Crippen LogP contribution < -0.4 is 10.1 Å². The van der Waals surface area contributed by atoms with E-state index in [4.69, 9.17) is 4.74 Å². The molecule has 0 atom stereocenters. The van der Waals surface area contributed by atoms with Crippen LogP contribution in [0.5, 0.6) is 5.75 Å². The molecule has 5 nitrogen and oxygen atoms in total. The van der Waals surface area contributed by atoms with E-state index >= 15 is 0 Å². The van der Waals surface area contributed by atoms with E-state index in [0.29, 0.717) is 10.7 Å². The van der Waals surface area contributed by atoms with Gasteiger partial charge in [-0.2, -0.15) is 0 Å². The number of thiazole rings is 1. The van der Waals surface area contributed by atoms with E-state index in [9.17, 15) is 4.79 Å². The quantitative estimate of drug-likeness (QED) is 0.781. The van der Waals surface area contributed by atoms with Crippen LogP contribution in [-0.2, 0) is 6.42 Å². The molecule has 1 N–H and O–H groups in total. The molecular formula is C17H15N3O2S. The van der Waals surface area contributed by atoms with Gasteiger partial charge in [-0.1, -0.05) is 12.1 Å². The highest BCUT2D eigenvalue weighted by atomic mass is 32.1. The number of pyridine rings is 1. The Balaban J connectivity index is 1.67. The van der Waals surface area contributed by atoms with E-state index in [-0.39, 0.29) is 5.91 Å². The van der Waals surface area contributed by atoms with Crippen LogP contribution in [0.3, 0.4) is 0 Å². The van der Waals surface area contributed by atoms with E-state index in [0.717, 1.165) is 22.6 Å². The Labute approximate surface area is 138 Å². The number of nitrogens with one attached hydrogen (secondary N) is 1. The molecule has 3 aromatic rings. The lowest BCUT2D eigenvalue weighted by Crippen LogP contribution is -2.11. The second kappa shape index (κ2) is 7.02. The lowest BCUT2D eigenvalue weighted by Gasteiger charge is -2.02. The summed E-state index contributed by atoms with van der Waals surface area (Å²) in [5.41, 5.74) is 1.70. The van der Waals surface area contributed by atoms with E-state index in [2.05, 4.69) is 15.3 Å². The van der Waals surface area contributed by atoms with Crippen molar-refractivity contribution in [3.05, 3.63) is 71.0 Å². The normalized spacial score (nSPS) is 10.3. The average molecular weight is 325 g/mol. The van der Waals surface area contributed by atoms with Gasteiger partial charge in [0.2, 0.25) is 0 Å². The summed E-state index contributed by atoms with van der Waals surface area (Å²) in [6.07, 6.45) is 5.71. The molecule has 0 saturated heterocycles. The Hall–Kier alpha value is -2.73. The number of carbonyl (C=O) groups excluding carboxylic acids is 1. The van der Waals surface area contributed by atoms with Crippen molar-refractivity contribution in [2.75, 3.05) is 12.4 Å². The SMILES string of the molecule is COc1cccc(Cc2cnc(NC(=O)c3ccncc3)s2)c1. The zero-order chi connectivity index (χ0) is 16.1. The first-order valence-corrected chi connectivity index (χ1v) is 7.85. The Morgan fingerprint density at radius 2 is 2.09 bits per heavy atom. The van der Waals surface area contributed by atoms with Gasteiger partial charge in [-0.05, 0) is 29.8 Å². The fourth-order valence-electron chi connectivity index (χ4n) is 2.10. The van der Waals surface area contributed by atoms with Crippen LogP contribution in [-0.4, -0.2) is 23.0 Å². The number of hydrogen-bond acceptors (Lipinski definition) is 5. The monoisotopic (exact) mass is 325 g/mol. The van der Waals surface area contributed by atoms with Gasteiger partial charge in [0, 0.05) is 35.5 Å². The van der Waals surface area contributed by atoms with E-state index < -0.39 is 0 Å². The molecule has 0 aliphatic heterocycles. The minimum absolute atomic E-state index is 0.185. The number of nitrogens with zero attached hydrogens (tertiary/aromatic N) is 2. The number of rotatable bonds is 5. The Morgan fingerprint density at radius 3 is 2.87 bits per heavy atom. The van der Waals surface area contributed by atoms with Crippen LogP contribution in [0.4, 0.5) is 5.13 Å². The molecule has 1 amide bonds. The minimum atomic E-state index is -0.185. The third-order valence-electron chi connectivity index (χ3n) is 3.23. The van der Waals surface area contributed by atoms with Crippen molar-refractivity contribution >= 4 is 22.4 Å². The highest BCUT2D eigenvalue weighted by Gasteiger charge is 2.09. The van der Waals surface area contributed by atoms with Gasteiger partial charge in [0.05, 0.1) is 7.11 Å². The van der Waals surface area contributed by atoms with Crippen molar-refractivity contribution in [1.29, 1.82) is 0 Å². The fraction of sp³-hybridized carbons (Fsp3) is 0.118. The van der Waals surface area contributed by atoms with Crippen molar-refractivity contribution in [2.24, 2.45) is 0 Å². The molecule has 0 aliphatic rings. The largest absolute Gasteiger partial charge is 0.497 e. The van der Waals surface area contributed by atoms with Crippen LogP contribution in [0, 0.1) is 0 Å². The maximum atomic E-state index is 12.1. The number of amides is 1. The molecule has 1 aromatic carbocycles. The van der Waals surface area contributed by atoms with Gasteiger partial charge < -0.3 is 4.74 Å². The van der Waals surface area contributed by atoms with Crippen LogP contribution >= 0.6 is 11.3 Å². The lowest BCUT2D eigenvalue weighted by molar-refractivity contribution is 0.102. The molecule has 0 radical (unpaired) electrons. The van der Waals surface area contributed by atoms with Crippen molar-refractivity contribution in [3.8, 4) is 5.75 Å². The van der Waals surface area contributed by atoms with Crippen molar-refractivity contribution in [2.45, 2.75) is 6.42 Å². The Kier molecular flexibility index (Phi) is 4.63. The summed E-state index contributed by atoms with van der Waals surface area (Å²) >= 11 is 1.46. The number of anilines is 1. The number of carbonyl (C=O) groups is 1. The molecule has 116 valence electrons. The molecule has 3 rings (SSSR count). The molecule has 0 fully saturated rings. The van der Waals surface area contributed by atoms with Gasteiger partial charge in [-0.3, -0.25) is 15.1 Å². The molecule has 2 heterocycles. The van der Waals surface area contributed by atoms with Gasteiger partial charge >= 0.3 is 0 Å². The number of hydrogen-bond donors (Lipinski definition) is 1. The fourth-order valence-corrected chi connectivity index (χ4v) is 2.94. The summed E-state index contributed by atoms with van der Waals surface area (Å²) in [6.45, 7) is 0. The van der Waals surface area contributed by atoms with E-state index in [1.165, 1.54) is 11.3 Å². The third kappa shape index (κ3) is 3.92. The van der Waals surface area contributed by atoms with Crippen molar-refractivity contribution in [3.63, 3.8) is 0 Å². The van der Waals surface area contributed by atoms with Gasteiger partial charge in [0.25, 0.3) is 5.91 Å². The first kappa shape index (κ1) is 15.2. The minimum Gasteiger partial charge on any atom is -0.497 e. The Bertz CT molecular complexity index is 802. The smallest absolute Gasteiger partial charge is 0.257 e. The third-order valence-corrected chi connectivity index (χ3v) is 4.14. The number of ether oxygens (including phenoxy) is 1. The molecule has 0 unspecified atom stereocenters. The first-order valence-electron chi connectivity index (χ1n) is 7.03. The zero-order valence-corrected chi connectivity index (χ0v) is 13.3. The topological polar surface area (TPSA) is 64.1 Å². The molecule has 2 aromatic heterocycles. The van der Waals surface area contributed by atoms with Crippen molar-refractivity contribution < 1.29 is 9.53 Å². The molecule has 0 bridgehead atoms. The number of methoxy groups -OCH3 is 1. The summed E-state index contributed by atoms with van der Waals surface area (Å²) in [6, 6.07) is 11.2. The predicted molar refractivity (Wildman–Crippen MR) is 90.1 cm³/mol. The van der Waals surface area contributed by atoms with Gasteiger partial charge in [0.15, 0.2) is 5.13 Å². The summed E-state index contributed by atoms with van der Waals surface area (Å²) in [5.74, 6) is 0.646. The first-order chi connectivity index (χ1) is 11.2. The van der Waals surface area contributed by atoms with E-state index in [1.54, 1.807) is 37.8 Å². The van der Waals surface area contributed by atoms with Gasteiger partial charge in [-0.15, -0.1) is 11.3 Å². The summed E-state index contributed by atoms with van der Waals surface area (Å²) < 4.78 is 5.23. The molecule has 0 aliphatic carbocycles. The molecule has 6 heteroatoms. The van der Waals surface area contributed by atoms with Crippen molar-refractivity contribution in [1.82, 2.24) is 9.97 Å². The van der Waals surface area contributed by atoms with Crippen LogP contribution in [0.2, 0.25) is 0 Å². The number of aromatic nitrogens is 2. The van der Waals surface area contributed by atoms with Crippen LogP contribution in [0.25, 0.3) is 0 Å². The molecular weight excluding hydrogens is 310 g/mol. The predicted octanol–water partition coefficient (Wildman–Crippen LogP) is 3.39. The van der Waals surface area contributed by atoms with Crippen LogP contribution in [0.15, 0.2) is 55.0 Å². The highest BCUT2D eigenvalue weighted by molar-refractivity contribution is 7.15. The zero-order valence-electron chi connectivity index (χ0n) is 12.5. The second-order valence-corrected chi connectivity index (χ2v) is 5.97. The molecule has 0 spiro atoms. The lowest BCUT2D eigenvalue weighted by atomic mass is 10.1. The van der Waals surface area contributed by atoms with E-state index in [1.807, 2.05) is 24.3 Å². The highest BCUT2D eigenvalue weighted by Crippen LogP contribution is 2.23. The Morgan fingerprint density at radius 1 is 1.26 bits per heavy atom. The standard InChI is InChI=1S/C17H15N3O2S/c1-22-14-4-2-3-12(9-14)10-15-11-19-17(23-15)20-16(21)13-5-7-18-8-6-13/h2-9,11H,10H2,1H3,(H,19,20,21). The van der Waals surface area contributed by atoms with Gasteiger partial charge in [-0.25, -0.2) is 4.98 Å². The summed E-state index contributed by atoms with van der Waals surface area (Å²) in [4.78, 5) is 21.3. The maximum Gasteiger partial charge on any atom is 0.257 e. The van der Waals surface area contributed by atoms with Gasteiger partial charge in [0.1, 0.15) is 5.75 Å². The summed E-state index contributed by atoms with van der Waals surface area (Å²) in [5, 5.41) is 3.39. The summed E-state index contributed by atoms with van der Waals surface area (Å²) in [7, 11) is 1.65. The molecule has 0 saturated carbocycles. The number of benzene rings is 1. The average Bonchev–Trinajstić information content (AvgIpc) is 3.02. The second-order valence-electron chi connectivity index (χ2n) is 4.85. The van der Waals surface area contributed by atoms with Crippen LogP contribution in [0.1, 0.15) is 20.8 Å².